The smallest absolute Gasteiger partial charge is 0.416 e. The van der Waals surface area contributed by atoms with Crippen molar-refractivity contribution >= 4 is 11.8 Å². The van der Waals surface area contributed by atoms with E-state index < -0.39 is 52.8 Å². The summed E-state index contributed by atoms with van der Waals surface area (Å²) in [6.07, 6.45) is -9.49. The molecule has 4 rings (SSSR count). The number of nitrogens with zero attached hydrogens (tertiary/aromatic N) is 1. The van der Waals surface area contributed by atoms with E-state index in [9.17, 15) is 38.3 Å². The van der Waals surface area contributed by atoms with Crippen LogP contribution < -0.4 is 5.32 Å². The van der Waals surface area contributed by atoms with E-state index in [-0.39, 0.29) is 12.5 Å². The minimum Gasteiger partial charge on any atom is -0.449 e. The molecule has 1 aliphatic rings. The number of hydrogen-bond acceptors (Lipinski definition) is 6. The molecule has 8 nitrogen and oxygen atoms in total. The summed E-state index contributed by atoms with van der Waals surface area (Å²) in [4.78, 5) is 22.2. The number of nitro groups is 1. The predicted octanol–water partition coefficient (Wildman–Crippen LogP) is 4.55. The van der Waals surface area contributed by atoms with Gasteiger partial charge >= 0.3 is 12.3 Å². The summed E-state index contributed by atoms with van der Waals surface area (Å²) < 4.78 is 44.6. The summed E-state index contributed by atoms with van der Waals surface area (Å²) in [5.74, 6) is -0.204. The number of non-ortho nitro benzene ring substituents is 1. The third-order valence-electron chi connectivity index (χ3n) is 5.98. The molecule has 0 aliphatic heterocycles. The van der Waals surface area contributed by atoms with E-state index >= 15 is 0 Å². The number of halogens is 3. The second-order valence-corrected chi connectivity index (χ2v) is 8.29. The zero-order valence-corrected chi connectivity index (χ0v) is 18.6. The van der Waals surface area contributed by atoms with Crippen LogP contribution in [0.3, 0.4) is 0 Å². The zero-order valence-electron chi connectivity index (χ0n) is 18.6. The zero-order chi connectivity index (χ0) is 26.0. The summed E-state index contributed by atoms with van der Waals surface area (Å²) in [5.41, 5.74) is 1.31. The number of carbonyl (C=O) groups is 1. The van der Waals surface area contributed by atoms with E-state index in [2.05, 4.69) is 5.32 Å². The summed E-state index contributed by atoms with van der Waals surface area (Å²) >= 11 is 0. The number of hydrogen-bond donors (Lipinski definition) is 3. The van der Waals surface area contributed by atoms with Gasteiger partial charge in [0.2, 0.25) is 0 Å². The first-order valence-corrected chi connectivity index (χ1v) is 10.9. The van der Waals surface area contributed by atoms with Crippen molar-refractivity contribution in [3.8, 4) is 11.1 Å². The second kappa shape index (κ2) is 9.96. The van der Waals surface area contributed by atoms with Gasteiger partial charge in [-0.2, -0.15) is 13.2 Å². The highest BCUT2D eigenvalue weighted by Gasteiger charge is 2.34. The maximum Gasteiger partial charge on any atom is 0.416 e. The van der Waals surface area contributed by atoms with Gasteiger partial charge in [0.05, 0.1) is 10.5 Å². The largest absolute Gasteiger partial charge is 0.449 e. The van der Waals surface area contributed by atoms with E-state index in [0.717, 1.165) is 28.3 Å². The van der Waals surface area contributed by atoms with Crippen LogP contribution in [0, 0.1) is 10.1 Å². The Morgan fingerprint density at radius 3 is 2.17 bits per heavy atom. The van der Waals surface area contributed by atoms with E-state index in [4.69, 9.17) is 4.74 Å². The molecule has 3 N–H and O–H groups in total. The van der Waals surface area contributed by atoms with Gasteiger partial charge in [-0.1, -0.05) is 48.5 Å². The lowest BCUT2D eigenvalue weighted by atomic mass is 9.98. The van der Waals surface area contributed by atoms with Gasteiger partial charge in [0.15, 0.2) is 0 Å². The van der Waals surface area contributed by atoms with Crippen LogP contribution in [0.5, 0.6) is 0 Å². The molecule has 0 bridgehead atoms. The van der Waals surface area contributed by atoms with Crippen molar-refractivity contribution in [2.45, 2.75) is 24.3 Å². The Bertz CT molecular complexity index is 1250. The molecular weight excluding hydrogens is 481 g/mol. The molecule has 36 heavy (non-hydrogen) atoms. The SMILES string of the molecule is O=C(NCC(O)C(O)c1cc([N+](=O)[O-])cc(C(F)(F)F)c1)OCC1c2ccccc2-c2ccccc21. The van der Waals surface area contributed by atoms with Gasteiger partial charge in [-0.25, -0.2) is 4.79 Å². The number of amides is 1. The van der Waals surface area contributed by atoms with E-state index in [0.29, 0.717) is 12.1 Å². The van der Waals surface area contributed by atoms with Gasteiger partial charge in [0.1, 0.15) is 18.8 Å². The lowest BCUT2D eigenvalue weighted by Gasteiger charge is -2.20. The summed E-state index contributed by atoms with van der Waals surface area (Å²) in [6.45, 7) is -0.569. The maximum absolute atomic E-state index is 13.1. The van der Waals surface area contributed by atoms with Crippen LogP contribution in [-0.2, 0) is 10.9 Å². The molecule has 0 saturated heterocycles. The van der Waals surface area contributed by atoms with Gasteiger partial charge < -0.3 is 20.3 Å². The number of rotatable bonds is 7. The van der Waals surface area contributed by atoms with Crippen molar-refractivity contribution in [3.05, 3.63) is 99.1 Å². The molecule has 0 heterocycles. The average molecular weight is 502 g/mol. The Morgan fingerprint density at radius 1 is 1.03 bits per heavy atom. The first-order valence-electron chi connectivity index (χ1n) is 10.9. The molecule has 0 fully saturated rings. The highest BCUT2D eigenvalue weighted by molar-refractivity contribution is 5.79. The van der Waals surface area contributed by atoms with Crippen LogP contribution in [-0.4, -0.2) is 40.5 Å². The van der Waals surface area contributed by atoms with Crippen LogP contribution in [0.2, 0.25) is 0 Å². The Kier molecular flexibility index (Phi) is 6.95. The van der Waals surface area contributed by atoms with Crippen LogP contribution in [0.15, 0.2) is 66.7 Å². The normalized spacial score (nSPS) is 14.5. The molecule has 2 atom stereocenters. The third kappa shape index (κ3) is 5.16. The number of alkyl carbamates (subject to hydrolysis) is 1. The number of aliphatic hydroxyl groups is 2. The highest BCUT2D eigenvalue weighted by atomic mass is 19.4. The van der Waals surface area contributed by atoms with Gasteiger partial charge in [-0.15, -0.1) is 0 Å². The minimum atomic E-state index is -4.90. The molecule has 0 spiro atoms. The fourth-order valence-corrected chi connectivity index (χ4v) is 4.25. The van der Waals surface area contributed by atoms with E-state index in [1.165, 1.54) is 0 Å². The highest BCUT2D eigenvalue weighted by Crippen LogP contribution is 2.44. The number of ether oxygens (including phenoxy) is 1. The summed E-state index contributed by atoms with van der Waals surface area (Å²) in [6, 6.07) is 17.0. The van der Waals surface area contributed by atoms with Crippen molar-refractivity contribution < 1.29 is 37.8 Å². The first kappa shape index (κ1) is 25.1. The number of nitro benzene ring substituents is 1. The summed E-state index contributed by atoms with van der Waals surface area (Å²) in [5, 5.41) is 33.8. The molecule has 3 aromatic carbocycles. The van der Waals surface area contributed by atoms with Crippen LogP contribution >= 0.6 is 0 Å². The van der Waals surface area contributed by atoms with Crippen LogP contribution in [0.4, 0.5) is 23.7 Å². The monoisotopic (exact) mass is 502 g/mol. The number of nitrogens with one attached hydrogen (secondary N) is 1. The fourth-order valence-electron chi connectivity index (χ4n) is 4.25. The number of alkyl halides is 3. The molecule has 11 heteroatoms. The molecule has 0 saturated carbocycles. The van der Waals surface area contributed by atoms with E-state index in [1.807, 2.05) is 48.5 Å². The Labute approximate surface area is 203 Å². The number of carbonyl (C=O) groups excluding carboxylic acids is 1. The maximum atomic E-state index is 13.1. The number of benzene rings is 3. The first-order chi connectivity index (χ1) is 17.1. The fraction of sp³-hybridized carbons (Fsp3) is 0.240. The molecule has 1 amide bonds. The molecule has 2 unspecified atom stereocenters. The van der Waals surface area contributed by atoms with Gasteiger partial charge in [0.25, 0.3) is 5.69 Å². The van der Waals surface area contributed by atoms with Crippen molar-refractivity contribution in [2.24, 2.45) is 0 Å². The van der Waals surface area contributed by atoms with Gasteiger partial charge in [-0.3, -0.25) is 10.1 Å². The Balaban J connectivity index is 1.38. The van der Waals surface area contributed by atoms with Crippen molar-refractivity contribution in [1.29, 1.82) is 0 Å². The Hall–Kier alpha value is -3.96. The quantitative estimate of drug-likeness (QED) is 0.322. The van der Waals surface area contributed by atoms with Gasteiger partial charge in [-0.05, 0) is 33.9 Å². The Morgan fingerprint density at radius 2 is 1.61 bits per heavy atom. The van der Waals surface area contributed by atoms with Crippen LogP contribution in [0.25, 0.3) is 11.1 Å². The second-order valence-electron chi connectivity index (χ2n) is 8.29. The van der Waals surface area contributed by atoms with Gasteiger partial charge in [0, 0.05) is 24.6 Å². The molecule has 0 radical (unpaired) electrons. The molecule has 1 aliphatic carbocycles. The predicted molar refractivity (Wildman–Crippen MR) is 122 cm³/mol. The average Bonchev–Trinajstić information content (AvgIpc) is 3.18. The molecular formula is C25H21F3N2O6. The molecule has 0 aromatic heterocycles. The summed E-state index contributed by atoms with van der Waals surface area (Å²) in [7, 11) is 0. The van der Waals surface area contributed by atoms with Crippen molar-refractivity contribution in [3.63, 3.8) is 0 Å². The van der Waals surface area contributed by atoms with Crippen molar-refractivity contribution in [1.82, 2.24) is 5.32 Å². The minimum absolute atomic E-state index is 0.00166. The topological polar surface area (TPSA) is 122 Å². The number of fused-ring (bicyclic) bond motifs is 3. The standard InChI is InChI=1S/C25H21F3N2O6/c26-25(27,28)15-9-14(10-16(11-15)30(34)35)23(32)22(31)12-29-24(33)36-13-21-19-7-3-1-5-17(19)18-6-2-4-8-20(18)21/h1-11,21-23,31-32H,12-13H2,(H,29,33). The number of aliphatic hydroxyl groups excluding tert-OH is 2. The third-order valence-corrected chi connectivity index (χ3v) is 5.98. The van der Waals surface area contributed by atoms with Crippen LogP contribution in [0.1, 0.15) is 34.3 Å². The molecule has 3 aromatic rings. The van der Waals surface area contributed by atoms with Crippen molar-refractivity contribution in [2.75, 3.05) is 13.2 Å². The van der Waals surface area contributed by atoms with E-state index in [1.54, 1.807) is 0 Å². The lowest BCUT2D eigenvalue weighted by molar-refractivity contribution is -0.385. The lowest BCUT2D eigenvalue weighted by Crippen LogP contribution is -2.36. The molecule has 188 valence electrons.